The molecule has 20 heavy (non-hydrogen) atoms. The SMILES string of the molecule is CC(N)C1COCCO1.CC(N=C=S)C1COCCO1. The minimum atomic E-state index is 0.0548. The number of rotatable bonds is 3. The molecule has 6 nitrogen and oxygen atoms in total. The largest absolute Gasteiger partial charge is 0.376 e. The van der Waals surface area contributed by atoms with Gasteiger partial charge in [-0.25, -0.2) is 4.99 Å². The van der Waals surface area contributed by atoms with Crippen LogP contribution in [0.15, 0.2) is 4.99 Å². The second-order valence-corrected chi connectivity index (χ2v) is 4.97. The molecule has 4 unspecified atom stereocenters. The molecule has 2 N–H and O–H groups in total. The number of aliphatic imine (C=N–C) groups is 1. The molecule has 2 saturated heterocycles. The van der Waals surface area contributed by atoms with Crippen molar-refractivity contribution < 1.29 is 18.9 Å². The van der Waals surface area contributed by atoms with E-state index < -0.39 is 0 Å². The molecule has 2 aliphatic rings. The lowest BCUT2D eigenvalue weighted by Gasteiger charge is -2.25. The Bertz CT molecular complexity index is 299. The lowest BCUT2D eigenvalue weighted by Crippen LogP contribution is -2.41. The average Bonchev–Trinajstić information content (AvgIpc) is 2.50. The number of nitrogens with zero attached hydrogens (tertiary/aromatic N) is 1. The van der Waals surface area contributed by atoms with Crippen LogP contribution in [0.25, 0.3) is 0 Å². The van der Waals surface area contributed by atoms with Gasteiger partial charge in [0.05, 0.1) is 56.9 Å². The Hall–Kier alpha value is -0.400. The Labute approximate surface area is 125 Å². The molecule has 2 heterocycles. The molecule has 0 bridgehead atoms. The number of nitrogens with two attached hydrogens (primary N) is 1. The number of hydrogen-bond donors (Lipinski definition) is 1. The molecule has 116 valence electrons. The number of hydrogen-bond acceptors (Lipinski definition) is 7. The Kier molecular flexibility index (Phi) is 9.13. The van der Waals surface area contributed by atoms with Gasteiger partial charge in [0.2, 0.25) is 0 Å². The van der Waals surface area contributed by atoms with Crippen LogP contribution in [0.4, 0.5) is 0 Å². The number of isothiocyanates is 1. The van der Waals surface area contributed by atoms with E-state index in [2.05, 4.69) is 22.4 Å². The molecule has 0 aromatic rings. The van der Waals surface area contributed by atoms with E-state index >= 15 is 0 Å². The molecule has 2 aliphatic heterocycles. The van der Waals surface area contributed by atoms with Crippen LogP contribution in [0.1, 0.15) is 13.8 Å². The van der Waals surface area contributed by atoms with E-state index in [0.29, 0.717) is 39.6 Å². The van der Waals surface area contributed by atoms with Crippen molar-refractivity contribution in [3.05, 3.63) is 0 Å². The van der Waals surface area contributed by atoms with Gasteiger partial charge in [-0.05, 0) is 26.1 Å². The minimum absolute atomic E-state index is 0.0548. The van der Waals surface area contributed by atoms with E-state index in [1.807, 2.05) is 13.8 Å². The van der Waals surface area contributed by atoms with E-state index in [4.69, 9.17) is 24.7 Å². The van der Waals surface area contributed by atoms with E-state index in [1.165, 1.54) is 0 Å². The highest BCUT2D eigenvalue weighted by Gasteiger charge is 2.20. The zero-order valence-corrected chi connectivity index (χ0v) is 12.9. The Morgan fingerprint density at radius 2 is 1.60 bits per heavy atom. The highest BCUT2D eigenvalue weighted by molar-refractivity contribution is 7.78. The lowest BCUT2D eigenvalue weighted by atomic mass is 10.2. The summed E-state index contributed by atoms with van der Waals surface area (Å²) in [7, 11) is 0. The molecule has 0 amide bonds. The summed E-state index contributed by atoms with van der Waals surface area (Å²) in [6, 6.07) is 0.151. The molecule has 7 heteroatoms. The minimum Gasteiger partial charge on any atom is -0.376 e. The van der Waals surface area contributed by atoms with Crippen LogP contribution in [0.3, 0.4) is 0 Å². The van der Waals surface area contributed by atoms with Crippen molar-refractivity contribution >= 4 is 17.4 Å². The lowest BCUT2D eigenvalue weighted by molar-refractivity contribution is -0.0948. The first-order chi connectivity index (χ1) is 9.65. The Morgan fingerprint density at radius 3 is 1.95 bits per heavy atom. The summed E-state index contributed by atoms with van der Waals surface area (Å²) in [5.41, 5.74) is 5.56. The van der Waals surface area contributed by atoms with Crippen molar-refractivity contribution in [1.82, 2.24) is 0 Å². The first-order valence-electron chi connectivity index (χ1n) is 6.86. The fourth-order valence-corrected chi connectivity index (χ4v) is 1.93. The molecular formula is C13H24N2O4S. The maximum absolute atomic E-state index is 5.56. The van der Waals surface area contributed by atoms with Crippen molar-refractivity contribution in [2.45, 2.75) is 38.1 Å². The van der Waals surface area contributed by atoms with E-state index in [1.54, 1.807) is 0 Å². The van der Waals surface area contributed by atoms with Crippen LogP contribution in [-0.4, -0.2) is 69.1 Å². The molecule has 0 aliphatic carbocycles. The molecule has 0 aromatic carbocycles. The smallest absolute Gasteiger partial charge is 0.104 e. The predicted molar refractivity (Wildman–Crippen MR) is 79.3 cm³/mol. The third-order valence-corrected chi connectivity index (χ3v) is 3.17. The first kappa shape index (κ1) is 17.7. The second-order valence-electron chi connectivity index (χ2n) is 4.79. The normalized spacial score (nSPS) is 29.4. The standard InChI is InChI=1S/C7H11NO2S.C6H13NO2/c1-6(8-5-11)7-4-9-2-3-10-7;1-5(7)6-4-8-2-3-9-6/h6-7H,2-4H2,1H3;5-6H,2-4,7H2,1H3. The highest BCUT2D eigenvalue weighted by Crippen LogP contribution is 2.07. The summed E-state index contributed by atoms with van der Waals surface area (Å²) in [6.45, 7) is 7.87. The zero-order chi connectivity index (χ0) is 14.8. The third-order valence-electron chi connectivity index (χ3n) is 3.06. The van der Waals surface area contributed by atoms with Gasteiger partial charge < -0.3 is 24.7 Å². The summed E-state index contributed by atoms with van der Waals surface area (Å²) in [6.07, 6.45) is 0.165. The quantitative estimate of drug-likeness (QED) is 0.609. The molecular weight excluding hydrogens is 280 g/mol. The molecule has 0 saturated carbocycles. The van der Waals surface area contributed by atoms with E-state index in [-0.39, 0.29) is 24.3 Å². The van der Waals surface area contributed by atoms with Gasteiger partial charge >= 0.3 is 0 Å². The average molecular weight is 304 g/mol. The summed E-state index contributed by atoms with van der Waals surface area (Å²) in [5, 5.41) is 2.34. The van der Waals surface area contributed by atoms with Crippen LogP contribution in [-0.2, 0) is 18.9 Å². The van der Waals surface area contributed by atoms with Gasteiger partial charge in [-0.2, -0.15) is 0 Å². The van der Waals surface area contributed by atoms with Crippen LogP contribution in [0.2, 0.25) is 0 Å². The van der Waals surface area contributed by atoms with Crippen molar-refractivity contribution in [2.75, 3.05) is 39.6 Å². The van der Waals surface area contributed by atoms with Crippen LogP contribution >= 0.6 is 12.2 Å². The van der Waals surface area contributed by atoms with Gasteiger partial charge in [-0.15, -0.1) is 0 Å². The van der Waals surface area contributed by atoms with E-state index in [0.717, 1.165) is 0 Å². The van der Waals surface area contributed by atoms with Crippen LogP contribution < -0.4 is 5.73 Å². The maximum atomic E-state index is 5.56. The molecule has 0 aromatic heterocycles. The van der Waals surface area contributed by atoms with Gasteiger partial charge in [-0.1, -0.05) is 0 Å². The topological polar surface area (TPSA) is 75.3 Å². The predicted octanol–water partition coefficient (Wildman–Crippen LogP) is 0.642. The van der Waals surface area contributed by atoms with Gasteiger partial charge in [0.1, 0.15) is 6.10 Å². The Balaban J connectivity index is 0.000000204. The van der Waals surface area contributed by atoms with Gasteiger partial charge in [0.15, 0.2) is 0 Å². The van der Waals surface area contributed by atoms with Crippen molar-refractivity contribution in [1.29, 1.82) is 0 Å². The molecule has 0 spiro atoms. The monoisotopic (exact) mass is 304 g/mol. The van der Waals surface area contributed by atoms with Crippen LogP contribution in [0.5, 0.6) is 0 Å². The van der Waals surface area contributed by atoms with Gasteiger partial charge in [-0.3, -0.25) is 0 Å². The molecule has 2 rings (SSSR count). The highest BCUT2D eigenvalue weighted by atomic mass is 32.1. The van der Waals surface area contributed by atoms with Gasteiger partial charge in [0, 0.05) is 6.04 Å². The van der Waals surface area contributed by atoms with Crippen molar-refractivity contribution in [3.8, 4) is 0 Å². The zero-order valence-electron chi connectivity index (χ0n) is 12.1. The summed E-state index contributed by atoms with van der Waals surface area (Å²) >= 11 is 4.48. The van der Waals surface area contributed by atoms with Gasteiger partial charge in [0.25, 0.3) is 0 Å². The fraction of sp³-hybridized carbons (Fsp3) is 0.923. The van der Waals surface area contributed by atoms with E-state index in [9.17, 15) is 0 Å². The van der Waals surface area contributed by atoms with Crippen LogP contribution in [0, 0.1) is 0 Å². The summed E-state index contributed by atoms with van der Waals surface area (Å²) < 4.78 is 21.0. The summed E-state index contributed by atoms with van der Waals surface area (Å²) in [4.78, 5) is 3.91. The third kappa shape index (κ3) is 6.85. The molecule has 2 fully saturated rings. The number of ether oxygens (including phenoxy) is 4. The first-order valence-corrected chi connectivity index (χ1v) is 7.27. The van der Waals surface area contributed by atoms with Crippen molar-refractivity contribution in [3.63, 3.8) is 0 Å². The second kappa shape index (κ2) is 10.3. The fourth-order valence-electron chi connectivity index (χ4n) is 1.76. The number of thiocarbonyl (C=S) groups is 1. The molecule has 0 radical (unpaired) electrons. The molecule has 4 atom stereocenters. The Morgan fingerprint density at radius 1 is 1.05 bits per heavy atom. The van der Waals surface area contributed by atoms with Crippen molar-refractivity contribution in [2.24, 2.45) is 10.7 Å². The maximum Gasteiger partial charge on any atom is 0.104 e. The summed E-state index contributed by atoms with van der Waals surface area (Å²) in [5.74, 6) is 0.